The minimum absolute atomic E-state index is 0.124. The number of nitrogens with two attached hydrogens (primary N) is 1. The van der Waals surface area contributed by atoms with Gasteiger partial charge < -0.3 is 9.84 Å². The maximum absolute atomic E-state index is 10.8. The lowest BCUT2D eigenvalue weighted by Crippen LogP contribution is -2.40. The Balaban J connectivity index is 2.92. The van der Waals surface area contributed by atoms with E-state index in [0.717, 1.165) is 0 Å². The van der Waals surface area contributed by atoms with E-state index in [2.05, 4.69) is 0 Å². The lowest BCUT2D eigenvalue weighted by atomic mass is 10.3. The Hall–Kier alpha value is -1.60. The summed E-state index contributed by atoms with van der Waals surface area (Å²) in [6, 6.07) is 7.70. The maximum Gasteiger partial charge on any atom is 0.362 e. The third-order valence-corrected chi connectivity index (χ3v) is 2.38. The fourth-order valence-electron chi connectivity index (χ4n) is 0.881. The van der Waals surface area contributed by atoms with Crippen LogP contribution in [0.5, 0.6) is 5.75 Å². The third-order valence-electron chi connectivity index (χ3n) is 1.49. The first-order chi connectivity index (χ1) is 6.91. The summed E-state index contributed by atoms with van der Waals surface area (Å²) in [5.74, 6) is -1.53. The number of benzene rings is 1. The Morgan fingerprint density at radius 1 is 1.33 bits per heavy atom. The van der Waals surface area contributed by atoms with E-state index in [1.165, 1.54) is 12.1 Å². The monoisotopic (exact) mass is 231 g/mol. The molecule has 3 N–H and O–H groups in total. The SMILES string of the molecule is NS(=O)(=O)C(Oc1ccccc1)C(=O)O. The number of carboxylic acids is 1. The molecule has 0 bridgehead atoms. The largest absolute Gasteiger partial charge is 0.478 e. The van der Waals surface area contributed by atoms with E-state index in [0.29, 0.717) is 0 Å². The van der Waals surface area contributed by atoms with Gasteiger partial charge in [-0.15, -0.1) is 0 Å². The molecule has 1 unspecified atom stereocenters. The molecule has 1 aromatic rings. The third kappa shape index (κ3) is 3.22. The minimum atomic E-state index is -4.28. The number of hydrogen-bond acceptors (Lipinski definition) is 4. The van der Waals surface area contributed by atoms with Crippen LogP contribution >= 0.6 is 0 Å². The molecule has 0 aliphatic heterocycles. The highest BCUT2D eigenvalue weighted by molar-refractivity contribution is 7.90. The molecule has 0 aliphatic rings. The number of carboxylic acid groups (broad SMARTS) is 1. The summed E-state index contributed by atoms with van der Waals surface area (Å²) in [6.45, 7) is 0. The second-order valence-corrected chi connectivity index (χ2v) is 4.30. The highest BCUT2D eigenvalue weighted by Crippen LogP contribution is 2.12. The molecule has 7 heteroatoms. The van der Waals surface area contributed by atoms with Crippen molar-refractivity contribution in [1.29, 1.82) is 0 Å². The van der Waals surface area contributed by atoms with Crippen molar-refractivity contribution in [1.82, 2.24) is 0 Å². The zero-order valence-electron chi connectivity index (χ0n) is 7.53. The average Bonchev–Trinajstić information content (AvgIpc) is 2.13. The van der Waals surface area contributed by atoms with Gasteiger partial charge in [-0.05, 0) is 12.1 Å². The molecule has 0 fully saturated rings. The molecule has 0 spiro atoms. The summed E-state index contributed by atoms with van der Waals surface area (Å²) in [6.07, 6.45) is 0. The molecule has 0 heterocycles. The van der Waals surface area contributed by atoms with Gasteiger partial charge in [0.1, 0.15) is 5.75 Å². The Kier molecular flexibility index (Phi) is 3.28. The van der Waals surface area contributed by atoms with E-state index in [1.807, 2.05) is 0 Å². The van der Waals surface area contributed by atoms with Crippen LogP contribution in [0.15, 0.2) is 30.3 Å². The van der Waals surface area contributed by atoms with Crippen LogP contribution in [0.25, 0.3) is 0 Å². The number of sulfonamides is 1. The number of hydrogen-bond donors (Lipinski definition) is 2. The zero-order chi connectivity index (χ0) is 11.5. The first-order valence-corrected chi connectivity index (χ1v) is 5.48. The predicted octanol–water partition coefficient (Wildman–Crippen LogP) is -0.235. The second-order valence-electron chi connectivity index (χ2n) is 2.69. The molecule has 0 aromatic heterocycles. The first kappa shape index (κ1) is 11.5. The molecule has 1 aromatic carbocycles. The summed E-state index contributed by atoms with van der Waals surface area (Å²) in [4.78, 5) is 10.6. The minimum Gasteiger partial charge on any atom is -0.478 e. The molecule has 0 radical (unpaired) electrons. The lowest BCUT2D eigenvalue weighted by Gasteiger charge is -2.12. The van der Waals surface area contributed by atoms with E-state index >= 15 is 0 Å². The van der Waals surface area contributed by atoms with Gasteiger partial charge in [0.05, 0.1) is 0 Å². The molecule has 1 rings (SSSR count). The van der Waals surface area contributed by atoms with Crippen molar-refractivity contribution < 1.29 is 23.1 Å². The molecule has 0 amide bonds. The van der Waals surface area contributed by atoms with E-state index in [4.69, 9.17) is 15.0 Å². The van der Waals surface area contributed by atoms with Crippen LogP contribution in [0.3, 0.4) is 0 Å². The van der Waals surface area contributed by atoms with Crippen molar-refractivity contribution in [3.8, 4) is 5.75 Å². The van der Waals surface area contributed by atoms with Gasteiger partial charge in [-0.3, -0.25) is 0 Å². The Morgan fingerprint density at radius 3 is 2.27 bits per heavy atom. The molecule has 82 valence electrons. The summed E-state index contributed by atoms with van der Waals surface area (Å²) in [5.41, 5.74) is -2.08. The maximum atomic E-state index is 10.8. The van der Waals surface area contributed by atoms with Crippen LogP contribution in [0.4, 0.5) is 0 Å². The van der Waals surface area contributed by atoms with Crippen LogP contribution in [-0.4, -0.2) is 24.9 Å². The van der Waals surface area contributed by atoms with E-state index < -0.39 is 21.4 Å². The number of rotatable bonds is 4. The van der Waals surface area contributed by atoms with Crippen molar-refractivity contribution in [3.05, 3.63) is 30.3 Å². The van der Waals surface area contributed by atoms with Crippen LogP contribution < -0.4 is 9.88 Å². The van der Waals surface area contributed by atoms with Crippen LogP contribution in [0.2, 0.25) is 0 Å². The number of ether oxygens (including phenoxy) is 1. The fourth-order valence-corrected chi connectivity index (χ4v) is 1.41. The van der Waals surface area contributed by atoms with E-state index in [1.54, 1.807) is 18.2 Å². The first-order valence-electron chi connectivity index (χ1n) is 3.87. The molecular weight excluding hydrogens is 222 g/mol. The second kappa shape index (κ2) is 4.28. The Bertz CT molecular complexity index is 441. The summed E-state index contributed by atoms with van der Waals surface area (Å²) < 4.78 is 26.4. The van der Waals surface area contributed by atoms with Crippen molar-refractivity contribution in [2.24, 2.45) is 5.14 Å². The fraction of sp³-hybridized carbons (Fsp3) is 0.125. The summed E-state index contributed by atoms with van der Waals surface area (Å²) >= 11 is 0. The van der Waals surface area contributed by atoms with Gasteiger partial charge in [-0.25, -0.2) is 18.4 Å². The number of primary sulfonamides is 1. The van der Waals surface area contributed by atoms with Gasteiger partial charge in [-0.2, -0.15) is 0 Å². The van der Waals surface area contributed by atoms with Crippen LogP contribution in [-0.2, 0) is 14.8 Å². The van der Waals surface area contributed by atoms with Crippen molar-refractivity contribution in [2.45, 2.75) is 5.44 Å². The van der Waals surface area contributed by atoms with Gasteiger partial charge in [0, 0.05) is 0 Å². The average molecular weight is 231 g/mol. The number of para-hydroxylation sites is 1. The highest BCUT2D eigenvalue weighted by Gasteiger charge is 2.31. The zero-order valence-corrected chi connectivity index (χ0v) is 8.35. The van der Waals surface area contributed by atoms with Gasteiger partial charge in [-0.1, -0.05) is 18.2 Å². The summed E-state index contributed by atoms with van der Waals surface area (Å²) in [5, 5.41) is 13.3. The molecule has 0 saturated carbocycles. The molecule has 1 atom stereocenters. The van der Waals surface area contributed by atoms with Gasteiger partial charge in [0.15, 0.2) is 0 Å². The van der Waals surface area contributed by atoms with Gasteiger partial charge in [0.25, 0.3) is 10.0 Å². The summed E-state index contributed by atoms with van der Waals surface area (Å²) in [7, 11) is -4.28. The molecular formula is C8H9NO5S. The Morgan fingerprint density at radius 2 is 1.87 bits per heavy atom. The lowest BCUT2D eigenvalue weighted by molar-refractivity contribution is -0.141. The van der Waals surface area contributed by atoms with Crippen LogP contribution in [0, 0.1) is 0 Å². The van der Waals surface area contributed by atoms with Crippen molar-refractivity contribution in [3.63, 3.8) is 0 Å². The molecule has 0 aliphatic carbocycles. The van der Waals surface area contributed by atoms with Gasteiger partial charge in [0.2, 0.25) is 0 Å². The Labute approximate surface area is 86.3 Å². The molecule has 0 saturated heterocycles. The topological polar surface area (TPSA) is 107 Å². The van der Waals surface area contributed by atoms with Crippen molar-refractivity contribution >= 4 is 16.0 Å². The normalized spacial score (nSPS) is 13.1. The molecule has 6 nitrogen and oxygen atoms in total. The smallest absolute Gasteiger partial charge is 0.362 e. The van der Waals surface area contributed by atoms with Gasteiger partial charge >= 0.3 is 11.4 Å². The van der Waals surface area contributed by atoms with E-state index in [-0.39, 0.29) is 5.75 Å². The number of carbonyl (C=O) groups is 1. The van der Waals surface area contributed by atoms with E-state index in [9.17, 15) is 13.2 Å². The van der Waals surface area contributed by atoms with Crippen LogP contribution in [0.1, 0.15) is 0 Å². The number of aliphatic carboxylic acids is 1. The van der Waals surface area contributed by atoms with Crippen molar-refractivity contribution in [2.75, 3.05) is 0 Å². The molecule has 15 heavy (non-hydrogen) atoms. The predicted molar refractivity (Wildman–Crippen MR) is 51.6 cm³/mol. The standard InChI is InChI=1S/C8H9NO5S/c9-15(12,13)8(7(10)11)14-6-4-2-1-3-5-6/h1-5,8H,(H,10,11)(H2,9,12,13). The quantitative estimate of drug-likeness (QED) is 0.744. The highest BCUT2D eigenvalue weighted by atomic mass is 32.2.